The fraction of sp³-hybridized carbons (Fsp3) is 0.308. The predicted molar refractivity (Wildman–Crippen MR) is 73.9 cm³/mol. The zero-order valence-corrected chi connectivity index (χ0v) is 11.4. The third kappa shape index (κ3) is 3.17. The molecule has 0 fully saturated rings. The van der Waals surface area contributed by atoms with Crippen LogP contribution in [0.1, 0.15) is 6.42 Å². The summed E-state index contributed by atoms with van der Waals surface area (Å²) in [6.45, 7) is 2.01. The van der Waals surface area contributed by atoms with E-state index in [2.05, 4.69) is 42.9 Å². The van der Waals surface area contributed by atoms with Gasteiger partial charge in [0.15, 0.2) is 0 Å². The minimum atomic E-state index is 0.989. The van der Waals surface area contributed by atoms with Gasteiger partial charge in [0.25, 0.3) is 0 Å². The summed E-state index contributed by atoms with van der Waals surface area (Å²) in [5.74, 6) is 1.03. The van der Waals surface area contributed by atoms with E-state index in [9.17, 15) is 0 Å². The van der Waals surface area contributed by atoms with Gasteiger partial charge in [-0.15, -0.1) is 0 Å². The number of aromatic nitrogens is 2. The Kier molecular flexibility index (Phi) is 4.34. The molecule has 0 amide bonds. The van der Waals surface area contributed by atoms with Crippen molar-refractivity contribution >= 4 is 15.9 Å². The topological polar surface area (TPSA) is 29.9 Å². The van der Waals surface area contributed by atoms with E-state index >= 15 is 0 Å². The van der Waals surface area contributed by atoms with Gasteiger partial charge in [0.05, 0.1) is 0 Å². The van der Waals surface area contributed by atoms with Gasteiger partial charge in [0.2, 0.25) is 0 Å². The first kappa shape index (κ1) is 12.3. The Balaban J connectivity index is 2.18. The molecule has 1 heterocycles. The second kappa shape index (κ2) is 5.98. The normalized spacial score (nSPS) is 10.7. The summed E-state index contributed by atoms with van der Waals surface area (Å²) in [5.41, 5.74) is 1.15. The largest absolute Gasteiger partial charge is 0.331 e. The Hall–Kier alpha value is -1.13. The van der Waals surface area contributed by atoms with Gasteiger partial charge in [0.1, 0.15) is 5.82 Å². The zero-order chi connectivity index (χ0) is 12.1. The summed E-state index contributed by atoms with van der Waals surface area (Å²) < 4.78 is 3.28. The lowest BCUT2D eigenvalue weighted by molar-refractivity contribution is 0.617. The number of nitrogens with zero attached hydrogens (tertiary/aromatic N) is 2. The van der Waals surface area contributed by atoms with E-state index in [0.717, 1.165) is 35.4 Å². The molecule has 0 spiro atoms. The average Bonchev–Trinajstić information content (AvgIpc) is 2.78. The molecule has 0 aliphatic heterocycles. The lowest BCUT2D eigenvalue weighted by Crippen LogP contribution is -2.11. The van der Waals surface area contributed by atoms with Crippen LogP contribution in [0.2, 0.25) is 0 Å². The van der Waals surface area contributed by atoms with Crippen LogP contribution in [-0.2, 0) is 6.54 Å². The number of nitrogens with one attached hydrogen (secondary N) is 1. The second-order valence-electron chi connectivity index (χ2n) is 3.91. The monoisotopic (exact) mass is 293 g/mol. The summed E-state index contributed by atoms with van der Waals surface area (Å²) in [6, 6.07) is 8.24. The first-order valence-corrected chi connectivity index (χ1v) is 6.52. The SMILES string of the molecule is CNCCCn1ccnc1-c1cccc(Br)c1. The molecule has 0 radical (unpaired) electrons. The molecule has 1 aromatic carbocycles. The maximum Gasteiger partial charge on any atom is 0.139 e. The van der Waals surface area contributed by atoms with Gasteiger partial charge >= 0.3 is 0 Å². The molecule has 2 rings (SSSR count). The summed E-state index contributed by atoms with van der Waals surface area (Å²) in [6.07, 6.45) is 5.00. The maximum atomic E-state index is 4.43. The van der Waals surface area contributed by atoms with Gasteiger partial charge in [-0.1, -0.05) is 28.1 Å². The van der Waals surface area contributed by atoms with E-state index in [-0.39, 0.29) is 0 Å². The van der Waals surface area contributed by atoms with Crippen LogP contribution in [0, 0.1) is 0 Å². The van der Waals surface area contributed by atoms with Crippen LogP contribution in [0.5, 0.6) is 0 Å². The molecule has 0 bridgehead atoms. The van der Waals surface area contributed by atoms with E-state index < -0.39 is 0 Å². The fourth-order valence-electron chi connectivity index (χ4n) is 1.80. The van der Waals surface area contributed by atoms with Crippen molar-refractivity contribution in [1.29, 1.82) is 0 Å². The van der Waals surface area contributed by atoms with E-state index in [1.165, 1.54) is 0 Å². The van der Waals surface area contributed by atoms with Crippen molar-refractivity contribution in [2.24, 2.45) is 0 Å². The van der Waals surface area contributed by atoms with Crippen LogP contribution in [0.4, 0.5) is 0 Å². The van der Waals surface area contributed by atoms with E-state index in [0.29, 0.717) is 0 Å². The molecule has 4 heteroatoms. The number of benzene rings is 1. The van der Waals surface area contributed by atoms with Crippen molar-refractivity contribution in [3.8, 4) is 11.4 Å². The quantitative estimate of drug-likeness (QED) is 0.859. The molecule has 90 valence electrons. The van der Waals surface area contributed by atoms with Crippen molar-refractivity contribution in [3.05, 3.63) is 41.1 Å². The predicted octanol–water partition coefficient (Wildman–Crippen LogP) is 2.92. The second-order valence-corrected chi connectivity index (χ2v) is 4.83. The fourth-order valence-corrected chi connectivity index (χ4v) is 2.20. The highest BCUT2D eigenvalue weighted by atomic mass is 79.9. The van der Waals surface area contributed by atoms with Gasteiger partial charge in [0, 0.05) is 29.0 Å². The molecule has 0 unspecified atom stereocenters. The molecule has 0 aliphatic carbocycles. The highest BCUT2D eigenvalue weighted by Crippen LogP contribution is 2.21. The number of hydrogen-bond acceptors (Lipinski definition) is 2. The Morgan fingerprint density at radius 2 is 2.29 bits per heavy atom. The van der Waals surface area contributed by atoms with E-state index in [1.54, 1.807) is 0 Å². The van der Waals surface area contributed by atoms with Gasteiger partial charge in [-0.3, -0.25) is 0 Å². The molecule has 1 N–H and O–H groups in total. The molecule has 0 saturated carbocycles. The molecule has 0 aliphatic rings. The molecule has 2 aromatic rings. The molecule has 0 atom stereocenters. The summed E-state index contributed by atoms with van der Waals surface area (Å²) in [7, 11) is 1.98. The zero-order valence-electron chi connectivity index (χ0n) is 9.86. The average molecular weight is 294 g/mol. The summed E-state index contributed by atoms with van der Waals surface area (Å²) >= 11 is 3.49. The Bertz CT molecular complexity index is 479. The van der Waals surface area contributed by atoms with Crippen molar-refractivity contribution in [2.45, 2.75) is 13.0 Å². The van der Waals surface area contributed by atoms with Crippen LogP contribution in [0.25, 0.3) is 11.4 Å². The summed E-state index contributed by atoms with van der Waals surface area (Å²) in [5, 5.41) is 3.16. The standard InChI is InChI=1S/C13H16BrN3/c1-15-6-3-8-17-9-7-16-13(17)11-4-2-5-12(14)10-11/h2,4-5,7,9-10,15H,3,6,8H2,1H3. The first-order chi connectivity index (χ1) is 8.31. The number of halogens is 1. The van der Waals surface area contributed by atoms with Crippen LogP contribution >= 0.6 is 15.9 Å². The van der Waals surface area contributed by atoms with Crippen LogP contribution < -0.4 is 5.32 Å². The van der Waals surface area contributed by atoms with Crippen LogP contribution in [-0.4, -0.2) is 23.1 Å². The Morgan fingerprint density at radius 1 is 1.41 bits per heavy atom. The van der Waals surface area contributed by atoms with Crippen LogP contribution in [0.15, 0.2) is 41.1 Å². The smallest absolute Gasteiger partial charge is 0.139 e. The van der Waals surface area contributed by atoms with E-state index in [4.69, 9.17) is 0 Å². The minimum absolute atomic E-state index is 0.989. The molecule has 3 nitrogen and oxygen atoms in total. The maximum absolute atomic E-state index is 4.43. The Morgan fingerprint density at radius 3 is 3.06 bits per heavy atom. The third-order valence-electron chi connectivity index (χ3n) is 2.62. The summed E-state index contributed by atoms with van der Waals surface area (Å²) in [4.78, 5) is 4.43. The van der Waals surface area contributed by atoms with Crippen molar-refractivity contribution in [2.75, 3.05) is 13.6 Å². The number of hydrogen-bond donors (Lipinski definition) is 1. The molecular formula is C13H16BrN3. The van der Waals surface area contributed by atoms with Crippen molar-refractivity contribution < 1.29 is 0 Å². The molecular weight excluding hydrogens is 278 g/mol. The van der Waals surface area contributed by atoms with Crippen molar-refractivity contribution in [1.82, 2.24) is 14.9 Å². The van der Waals surface area contributed by atoms with E-state index in [1.807, 2.05) is 31.6 Å². The number of rotatable bonds is 5. The number of aryl methyl sites for hydroxylation is 1. The van der Waals surface area contributed by atoms with Crippen molar-refractivity contribution in [3.63, 3.8) is 0 Å². The Labute approximate surface area is 110 Å². The molecule has 1 aromatic heterocycles. The van der Waals surface area contributed by atoms with Crippen LogP contribution in [0.3, 0.4) is 0 Å². The highest BCUT2D eigenvalue weighted by Gasteiger charge is 2.05. The van der Waals surface area contributed by atoms with Gasteiger partial charge in [-0.2, -0.15) is 0 Å². The van der Waals surface area contributed by atoms with Gasteiger partial charge in [-0.25, -0.2) is 4.98 Å². The first-order valence-electron chi connectivity index (χ1n) is 5.73. The third-order valence-corrected chi connectivity index (χ3v) is 3.12. The lowest BCUT2D eigenvalue weighted by atomic mass is 10.2. The van der Waals surface area contributed by atoms with Gasteiger partial charge < -0.3 is 9.88 Å². The molecule has 17 heavy (non-hydrogen) atoms. The highest BCUT2D eigenvalue weighted by molar-refractivity contribution is 9.10. The number of imidazole rings is 1. The van der Waals surface area contributed by atoms with Gasteiger partial charge in [-0.05, 0) is 32.1 Å². The minimum Gasteiger partial charge on any atom is -0.331 e. The molecule has 0 saturated heterocycles. The lowest BCUT2D eigenvalue weighted by Gasteiger charge is -2.08.